The van der Waals surface area contributed by atoms with Gasteiger partial charge in [-0.2, -0.15) is 5.26 Å². The van der Waals surface area contributed by atoms with Gasteiger partial charge in [0, 0.05) is 18.1 Å². The molecule has 0 aliphatic carbocycles. The number of aliphatic hydroxyl groups is 1. The first kappa shape index (κ1) is 15.0. The van der Waals surface area contributed by atoms with Crippen LogP contribution in [0.1, 0.15) is 30.9 Å². The van der Waals surface area contributed by atoms with Crippen LogP contribution >= 0.6 is 11.6 Å². The van der Waals surface area contributed by atoms with Crippen molar-refractivity contribution in [2.45, 2.75) is 26.3 Å². The number of aliphatic hydroxyl groups excluding tert-OH is 1. The lowest BCUT2D eigenvalue weighted by molar-refractivity contribution is 0.188. The van der Waals surface area contributed by atoms with Crippen molar-refractivity contribution in [3.8, 4) is 6.07 Å². The summed E-state index contributed by atoms with van der Waals surface area (Å²) < 4.78 is 0. The third-order valence-corrected chi connectivity index (χ3v) is 3.17. The zero-order valence-electron chi connectivity index (χ0n) is 10.7. The normalized spacial score (nSPS) is 10.6. The SMILES string of the molecule is CCCCN(CCO)Cc1ccc(C#N)cc1Cl. The summed E-state index contributed by atoms with van der Waals surface area (Å²) in [4.78, 5) is 2.18. The van der Waals surface area contributed by atoms with E-state index in [-0.39, 0.29) is 6.61 Å². The lowest BCUT2D eigenvalue weighted by Gasteiger charge is -2.21. The molecule has 0 aliphatic heterocycles. The van der Waals surface area contributed by atoms with Crippen molar-refractivity contribution in [2.75, 3.05) is 19.7 Å². The molecule has 1 rings (SSSR count). The first-order valence-corrected chi connectivity index (χ1v) is 6.60. The van der Waals surface area contributed by atoms with Crippen LogP contribution in [-0.4, -0.2) is 29.7 Å². The van der Waals surface area contributed by atoms with Crippen molar-refractivity contribution >= 4 is 11.6 Å². The van der Waals surface area contributed by atoms with Gasteiger partial charge in [0.1, 0.15) is 0 Å². The average molecular weight is 267 g/mol. The summed E-state index contributed by atoms with van der Waals surface area (Å²) in [5.41, 5.74) is 1.58. The summed E-state index contributed by atoms with van der Waals surface area (Å²) in [6.45, 7) is 4.61. The smallest absolute Gasteiger partial charge is 0.0992 e. The lowest BCUT2D eigenvalue weighted by Crippen LogP contribution is -2.27. The van der Waals surface area contributed by atoms with Gasteiger partial charge in [-0.05, 0) is 30.7 Å². The van der Waals surface area contributed by atoms with E-state index in [2.05, 4.69) is 17.9 Å². The van der Waals surface area contributed by atoms with Crippen molar-refractivity contribution in [1.29, 1.82) is 5.26 Å². The number of rotatable bonds is 7. The zero-order valence-corrected chi connectivity index (χ0v) is 11.5. The molecule has 0 radical (unpaired) electrons. The molecule has 1 aromatic carbocycles. The van der Waals surface area contributed by atoms with Crippen molar-refractivity contribution in [3.63, 3.8) is 0 Å². The maximum absolute atomic E-state index is 9.05. The molecule has 0 unspecified atom stereocenters. The molecule has 0 heterocycles. The third kappa shape index (κ3) is 4.66. The van der Waals surface area contributed by atoms with Crippen LogP contribution in [0.4, 0.5) is 0 Å². The maximum atomic E-state index is 9.05. The van der Waals surface area contributed by atoms with Gasteiger partial charge in [-0.1, -0.05) is 31.0 Å². The van der Waals surface area contributed by atoms with E-state index in [0.29, 0.717) is 23.7 Å². The van der Waals surface area contributed by atoms with Gasteiger partial charge in [-0.15, -0.1) is 0 Å². The number of nitriles is 1. The Labute approximate surface area is 114 Å². The molecule has 0 saturated heterocycles. The first-order chi connectivity index (χ1) is 8.71. The Hall–Kier alpha value is -1.08. The molecule has 0 amide bonds. The Balaban J connectivity index is 2.71. The second-order valence-electron chi connectivity index (χ2n) is 4.27. The van der Waals surface area contributed by atoms with E-state index in [9.17, 15) is 0 Å². The highest BCUT2D eigenvalue weighted by Gasteiger charge is 2.08. The molecule has 0 aliphatic rings. The van der Waals surface area contributed by atoms with Crippen LogP contribution in [-0.2, 0) is 6.54 Å². The minimum absolute atomic E-state index is 0.150. The van der Waals surface area contributed by atoms with Crippen LogP contribution in [0.15, 0.2) is 18.2 Å². The quantitative estimate of drug-likeness (QED) is 0.826. The van der Waals surface area contributed by atoms with Crippen LogP contribution in [0.3, 0.4) is 0 Å². The van der Waals surface area contributed by atoms with E-state index in [1.165, 1.54) is 0 Å². The number of unbranched alkanes of at least 4 members (excludes halogenated alkanes) is 1. The van der Waals surface area contributed by atoms with E-state index in [1.54, 1.807) is 12.1 Å². The molecule has 3 nitrogen and oxygen atoms in total. The summed E-state index contributed by atoms with van der Waals surface area (Å²) in [5, 5.41) is 18.4. The Morgan fingerprint density at radius 2 is 2.17 bits per heavy atom. The van der Waals surface area contributed by atoms with E-state index in [1.807, 2.05) is 6.07 Å². The number of hydrogen-bond donors (Lipinski definition) is 1. The summed E-state index contributed by atoms with van der Waals surface area (Å²) in [5.74, 6) is 0. The van der Waals surface area contributed by atoms with E-state index in [0.717, 1.165) is 24.9 Å². The van der Waals surface area contributed by atoms with Crippen molar-refractivity contribution in [3.05, 3.63) is 34.3 Å². The van der Waals surface area contributed by atoms with Gasteiger partial charge in [0.25, 0.3) is 0 Å². The van der Waals surface area contributed by atoms with Gasteiger partial charge in [0.2, 0.25) is 0 Å². The van der Waals surface area contributed by atoms with Crippen LogP contribution in [0.25, 0.3) is 0 Å². The Morgan fingerprint density at radius 3 is 2.72 bits per heavy atom. The van der Waals surface area contributed by atoms with Gasteiger partial charge < -0.3 is 5.11 Å². The fraction of sp³-hybridized carbons (Fsp3) is 0.500. The predicted molar refractivity (Wildman–Crippen MR) is 73.4 cm³/mol. The molecule has 1 aromatic rings. The molecule has 98 valence electrons. The fourth-order valence-corrected chi connectivity index (χ4v) is 2.02. The van der Waals surface area contributed by atoms with Gasteiger partial charge in [0.15, 0.2) is 0 Å². The number of nitrogens with zero attached hydrogens (tertiary/aromatic N) is 2. The molecule has 4 heteroatoms. The molecular weight excluding hydrogens is 248 g/mol. The highest BCUT2D eigenvalue weighted by atomic mass is 35.5. The molecule has 0 fully saturated rings. The molecule has 0 aromatic heterocycles. The topological polar surface area (TPSA) is 47.3 Å². The second-order valence-corrected chi connectivity index (χ2v) is 4.68. The molecule has 0 atom stereocenters. The summed E-state index contributed by atoms with van der Waals surface area (Å²) in [6.07, 6.45) is 2.23. The zero-order chi connectivity index (χ0) is 13.4. The van der Waals surface area contributed by atoms with E-state index in [4.69, 9.17) is 22.0 Å². The van der Waals surface area contributed by atoms with Crippen molar-refractivity contribution < 1.29 is 5.11 Å². The largest absolute Gasteiger partial charge is 0.395 e. The van der Waals surface area contributed by atoms with Gasteiger partial charge in [-0.3, -0.25) is 4.90 Å². The monoisotopic (exact) mass is 266 g/mol. The van der Waals surface area contributed by atoms with Gasteiger partial charge in [-0.25, -0.2) is 0 Å². The predicted octanol–water partition coefficient (Wildman–Crippen LogP) is 2.81. The van der Waals surface area contributed by atoms with E-state index < -0.39 is 0 Å². The summed E-state index contributed by atoms with van der Waals surface area (Å²) in [7, 11) is 0. The standard InChI is InChI=1S/C14H19ClN2O/c1-2-3-6-17(7-8-18)11-13-5-4-12(10-16)9-14(13)15/h4-5,9,18H,2-3,6-8,11H2,1H3. The molecule has 18 heavy (non-hydrogen) atoms. The van der Waals surface area contributed by atoms with Crippen LogP contribution < -0.4 is 0 Å². The molecule has 1 N–H and O–H groups in total. The minimum Gasteiger partial charge on any atom is -0.395 e. The van der Waals surface area contributed by atoms with Gasteiger partial charge >= 0.3 is 0 Å². The fourth-order valence-electron chi connectivity index (χ4n) is 1.78. The second kappa shape index (κ2) is 8.10. The molecule has 0 spiro atoms. The molecular formula is C14H19ClN2O. The molecule has 0 saturated carbocycles. The Morgan fingerprint density at radius 1 is 1.39 bits per heavy atom. The number of hydrogen-bond acceptors (Lipinski definition) is 3. The Kier molecular flexibility index (Phi) is 6.74. The Bertz CT molecular complexity index is 415. The maximum Gasteiger partial charge on any atom is 0.0992 e. The molecule has 0 bridgehead atoms. The van der Waals surface area contributed by atoms with E-state index >= 15 is 0 Å². The van der Waals surface area contributed by atoms with Crippen LogP contribution in [0.5, 0.6) is 0 Å². The summed E-state index contributed by atoms with van der Waals surface area (Å²) in [6, 6.07) is 7.42. The highest BCUT2D eigenvalue weighted by Crippen LogP contribution is 2.19. The third-order valence-electron chi connectivity index (χ3n) is 2.82. The summed E-state index contributed by atoms with van der Waals surface area (Å²) >= 11 is 6.15. The van der Waals surface area contributed by atoms with Crippen LogP contribution in [0.2, 0.25) is 5.02 Å². The minimum atomic E-state index is 0.150. The number of benzene rings is 1. The average Bonchev–Trinajstić information content (AvgIpc) is 2.38. The van der Waals surface area contributed by atoms with Gasteiger partial charge in [0.05, 0.1) is 18.2 Å². The van der Waals surface area contributed by atoms with Crippen LogP contribution in [0, 0.1) is 11.3 Å². The lowest BCUT2D eigenvalue weighted by atomic mass is 10.1. The highest BCUT2D eigenvalue weighted by molar-refractivity contribution is 6.31. The first-order valence-electron chi connectivity index (χ1n) is 6.23. The van der Waals surface area contributed by atoms with Crippen molar-refractivity contribution in [2.24, 2.45) is 0 Å². The van der Waals surface area contributed by atoms with Crippen molar-refractivity contribution in [1.82, 2.24) is 4.90 Å². The number of halogens is 1.